The highest BCUT2D eigenvalue weighted by Crippen LogP contribution is 2.31. The molecule has 4 nitrogen and oxygen atoms in total. The second kappa shape index (κ2) is 7.24. The molecule has 0 radical (unpaired) electrons. The van der Waals surface area contributed by atoms with Gasteiger partial charge in [0.2, 0.25) is 0 Å². The normalized spacial score (nSPS) is 11.9. The minimum Gasteiger partial charge on any atom is -0.508 e. The number of phenols is 1. The van der Waals surface area contributed by atoms with Crippen molar-refractivity contribution in [1.82, 2.24) is 5.32 Å². The first kappa shape index (κ1) is 15.5. The molecule has 0 spiro atoms. The summed E-state index contributed by atoms with van der Waals surface area (Å²) in [6, 6.07) is 14.5. The number of carbonyl (C=O) groups is 1. The lowest BCUT2D eigenvalue weighted by molar-refractivity contribution is -0.139. The van der Waals surface area contributed by atoms with Gasteiger partial charge in [0.15, 0.2) is 0 Å². The first-order valence-corrected chi connectivity index (χ1v) is 7.24. The van der Waals surface area contributed by atoms with Crippen molar-refractivity contribution in [3.63, 3.8) is 0 Å². The zero-order valence-corrected chi connectivity index (χ0v) is 13.1. The van der Waals surface area contributed by atoms with Gasteiger partial charge in [0.25, 0.3) is 0 Å². The molecule has 0 saturated heterocycles. The Hall–Kier alpha value is -1.85. The highest BCUT2D eigenvalue weighted by atomic mass is 79.9. The Morgan fingerprint density at radius 3 is 2.67 bits per heavy atom. The molecule has 5 heteroatoms. The Balaban J connectivity index is 2.35. The van der Waals surface area contributed by atoms with E-state index >= 15 is 0 Å². The van der Waals surface area contributed by atoms with Crippen LogP contribution >= 0.6 is 15.9 Å². The van der Waals surface area contributed by atoms with Crippen molar-refractivity contribution in [2.75, 3.05) is 13.7 Å². The number of benzene rings is 2. The summed E-state index contributed by atoms with van der Waals surface area (Å²) in [5.41, 5.74) is 1.65. The van der Waals surface area contributed by atoms with E-state index in [1.165, 1.54) is 7.11 Å². The number of hydrogen-bond donors (Lipinski definition) is 2. The molecular formula is C16H16BrNO3. The fourth-order valence-electron chi connectivity index (χ4n) is 2.07. The molecular weight excluding hydrogens is 334 g/mol. The lowest BCUT2D eigenvalue weighted by Gasteiger charge is -2.20. The Bertz CT molecular complexity index is 616. The predicted octanol–water partition coefficient (Wildman–Crippen LogP) is 3.01. The van der Waals surface area contributed by atoms with Gasteiger partial charge in [-0.1, -0.05) is 46.3 Å². The maximum atomic E-state index is 11.4. The monoisotopic (exact) mass is 349 g/mol. The van der Waals surface area contributed by atoms with Crippen LogP contribution in [0.1, 0.15) is 17.2 Å². The van der Waals surface area contributed by atoms with E-state index in [-0.39, 0.29) is 24.3 Å². The van der Waals surface area contributed by atoms with E-state index < -0.39 is 0 Å². The first-order chi connectivity index (χ1) is 10.1. The third-order valence-corrected chi connectivity index (χ3v) is 3.60. The predicted molar refractivity (Wildman–Crippen MR) is 84.1 cm³/mol. The van der Waals surface area contributed by atoms with Gasteiger partial charge in [0, 0.05) is 10.0 Å². The first-order valence-electron chi connectivity index (χ1n) is 6.45. The van der Waals surface area contributed by atoms with E-state index in [0.717, 1.165) is 10.0 Å². The van der Waals surface area contributed by atoms with Crippen LogP contribution in [0.3, 0.4) is 0 Å². The molecule has 0 fully saturated rings. The van der Waals surface area contributed by atoms with Crippen LogP contribution in [0.4, 0.5) is 0 Å². The van der Waals surface area contributed by atoms with Crippen LogP contribution in [0, 0.1) is 0 Å². The van der Waals surface area contributed by atoms with E-state index in [1.807, 2.05) is 36.4 Å². The summed E-state index contributed by atoms with van der Waals surface area (Å²) >= 11 is 3.40. The number of halogens is 1. The van der Waals surface area contributed by atoms with Crippen molar-refractivity contribution < 1.29 is 14.6 Å². The number of phenolic OH excluding ortho intramolecular Hbond substituents is 1. The molecule has 2 rings (SSSR count). The molecule has 0 heterocycles. The van der Waals surface area contributed by atoms with Crippen LogP contribution in [0.15, 0.2) is 53.0 Å². The lowest BCUT2D eigenvalue weighted by atomic mass is 9.98. The quantitative estimate of drug-likeness (QED) is 0.814. The second-order valence-electron chi connectivity index (χ2n) is 4.50. The van der Waals surface area contributed by atoms with E-state index in [1.54, 1.807) is 12.1 Å². The standard InChI is InChI=1S/C16H16BrNO3/c1-21-15(20)10-18-16(11-5-3-2-4-6-11)13-9-12(17)7-8-14(13)19/h2-9,16,18-19H,10H2,1H3/t16-/m1/s1. The Morgan fingerprint density at radius 2 is 2.00 bits per heavy atom. The average Bonchev–Trinajstić information content (AvgIpc) is 2.51. The molecule has 1 atom stereocenters. The van der Waals surface area contributed by atoms with E-state index in [4.69, 9.17) is 0 Å². The summed E-state index contributed by atoms with van der Waals surface area (Å²) in [5.74, 6) is -0.185. The van der Waals surface area contributed by atoms with E-state index in [0.29, 0.717) is 5.56 Å². The van der Waals surface area contributed by atoms with Crippen molar-refractivity contribution in [1.29, 1.82) is 0 Å². The van der Waals surface area contributed by atoms with Crippen LogP contribution in [0.25, 0.3) is 0 Å². The van der Waals surface area contributed by atoms with Gasteiger partial charge in [0.05, 0.1) is 19.7 Å². The third-order valence-electron chi connectivity index (χ3n) is 3.11. The Labute approximate surface area is 131 Å². The molecule has 0 bridgehead atoms. The van der Waals surface area contributed by atoms with E-state index in [9.17, 15) is 9.90 Å². The van der Waals surface area contributed by atoms with Gasteiger partial charge < -0.3 is 9.84 Å². The summed E-state index contributed by atoms with van der Waals surface area (Å²) in [4.78, 5) is 11.4. The zero-order chi connectivity index (χ0) is 15.2. The molecule has 0 aromatic heterocycles. The van der Waals surface area contributed by atoms with Crippen molar-refractivity contribution >= 4 is 21.9 Å². The van der Waals surface area contributed by atoms with E-state index in [2.05, 4.69) is 26.0 Å². The second-order valence-corrected chi connectivity index (χ2v) is 5.42. The highest BCUT2D eigenvalue weighted by Gasteiger charge is 2.18. The molecule has 2 N–H and O–H groups in total. The van der Waals surface area contributed by atoms with Gasteiger partial charge in [-0.15, -0.1) is 0 Å². The van der Waals surface area contributed by atoms with Crippen molar-refractivity contribution in [3.05, 3.63) is 64.1 Å². The molecule has 21 heavy (non-hydrogen) atoms. The van der Waals surface area contributed by atoms with Crippen LogP contribution in [0.5, 0.6) is 5.75 Å². The minimum atomic E-state index is -0.356. The average molecular weight is 350 g/mol. The summed E-state index contributed by atoms with van der Waals surface area (Å²) in [5, 5.41) is 13.2. The highest BCUT2D eigenvalue weighted by molar-refractivity contribution is 9.10. The lowest BCUT2D eigenvalue weighted by Crippen LogP contribution is -2.29. The minimum absolute atomic E-state index is 0.0576. The molecule has 0 aliphatic carbocycles. The Kier molecular flexibility index (Phi) is 5.36. The number of nitrogens with one attached hydrogen (secondary N) is 1. The fraction of sp³-hybridized carbons (Fsp3) is 0.188. The molecule has 2 aromatic carbocycles. The molecule has 110 valence electrons. The van der Waals surface area contributed by atoms with Crippen LogP contribution in [-0.4, -0.2) is 24.7 Å². The summed E-state index contributed by atoms with van der Waals surface area (Å²) in [7, 11) is 1.35. The smallest absolute Gasteiger partial charge is 0.319 e. The topological polar surface area (TPSA) is 58.6 Å². The molecule has 0 amide bonds. The van der Waals surface area contributed by atoms with Gasteiger partial charge in [-0.2, -0.15) is 0 Å². The van der Waals surface area contributed by atoms with Gasteiger partial charge >= 0.3 is 5.97 Å². The van der Waals surface area contributed by atoms with Gasteiger partial charge in [-0.25, -0.2) is 0 Å². The number of ether oxygens (including phenoxy) is 1. The maximum absolute atomic E-state index is 11.4. The van der Waals surface area contributed by atoms with Gasteiger partial charge in [-0.3, -0.25) is 10.1 Å². The number of methoxy groups -OCH3 is 1. The summed E-state index contributed by atoms with van der Waals surface area (Å²) < 4.78 is 5.51. The largest absolute Gasteiger partial charge is 0.508 e. The van der Waals surface area contributed by atoms with Crippen molar-refractivity contribution in [2.45, 2.75) is 6.04 Å². The number of carbonyl (C=O) groups excluding carboxylic acids is 1. The molecule has 2 aromatic rings. The SMILES string of the molecule is COC(=O)CN[C@H](c1ccccc1)c1cc(Br)ccc1O. The Morgan fingerprint density at radius 1 is 1.29 bits per heavy atom. The van der Waals surface area contributed by atoms with Crippen LogP contribution < -0.4 is 5.32 Å². The fourth-order valence-corrected chi connectivity index (χ4v) is 2.45. The molecule has 0 aliphatic rings. The van der Waals surface area contributed by atoms with Crippen molar-refractivity contribution in [3.8, 4) is 5.75 Å². The number of aromatic hydroxyl groups is 1. The molecule has 0 unspecified atom stereocenters. The van der Waals surface area contributed by atoms with Crippen LogP contribution in [-0.2, 0) is 9.53 Å². The molecule has 0 aliphatic heterocycles. The van der Waals surface area contributed by atoms with Gasteiger partial charge in [0.1, 0.15) is 5.75 Å². The van der Waals surface area contributed by atoms with Crippen LogP contribution in [0.2, 0.25) is 0 Å². The third kappa shape index (κ3) is 4.06. The maximum Gasteiger partial charge on any atom is 0.319 e. The number of hydrogen-bond acceptors (Lipinski definition) is 4. The van der Waals surface area contributed by atoms with Gasteiger partial charge in [-0.05, 0) is 23.8 Å². The summed E-state index contributed by atoms with van der Waals surface area (Å²) in [6.45, 7) is 0.0576. The number of rotatable bonds is 5. The zero-order valence-electron chi connectivity index (χ0n) is 11.5. The summed E-state index contributed by atoms with van der Waals surface area (Å²) in [6.07, 6.45) is 0. The number of esters is 1. The molecule has 0 saturated carbocycles. The van der Waals surface area contributed by atoms with Crippen molar-refractivity contribution in [2.24, 2.45) is 0 Å².